The predicted octanol–water partition coefficient (Wildman–Crippen LogP) is 2.32. The van der Waals surface area contributed by atoms with Crippen molar-refractivity contribution in [1.82, 2.24) is 5.32 Å². The predicted molar refractivity (Wildman–Crippen MR) is 67.6 cm³/mol. The number of amides is 1. The van der Waals surface area contributed by atoms with Crippen LogP contribution in [0.2, 0.25) is 5.02 Å². The fraction of sp³-hybridized carbons (Fsp3) is 0.364. The number of carbonyl (C=O) groups excluding carboxylic acids is 1. The van der Waals surface area contributed by atoms with E-state index in [0.717, 1.165) is 17.3 Å². The van der Waals surface area contributed by atoms with Crippen molar-refractivity contribution < 1.29 is 4.79 Å². The molecule has 2 rings (SSSR count). The average molecular weight is 304 g/mol. The molecule has 1 aliphatic rings. The average Bonchev–Trinajstić information content (AvgIpc) is 2.98. The molecule has 0 radical (unpaired) electrons. The number of nitrogens with one attached hydrogen (secondary N) is 1. The quantitative estimate of drug-likeness (QED) is 0.900. The van der Waals surface area contributed by atoms with Crippen LogP contribution in [0, 0.1) is 0 Å². The molecule has 1 aliphatic carbocycles. The van der Waals surface area contributed by atoms with E-state index >= 15 is 0 Å². The maximum Gasteiger partial charge on any atom is 0.251 e. The standard InChI is InChI=1S/C11H12BrClN2O/c12-8-5-7(1-2-9(8)13)10(16)15-6-11(14)3-4-11/h1-2,5H,3-4,6,14H2,(H,15,16). The molecule has 1 aromatic rings. The zero-order valence-electron chi connectivity index (χ0n) is 8.59. The fourth-order valence-electron chi connectivity index (χ4n) is 1.33. The number of hydrogen-bond donors (Lipinski definition) is 2. The lowest BCUT2D eigenvalue weighted by Crippen LogP contribution is -2.38. The molecule has 1 saturated carbocycles. The Balaban J connectivity index is 2.00. The highest BCUT2D eigenvalue weighted by molar-refractivity contribution is 9.10. The summed E-state index contributed by atoms with van der Waals surface area (Å²) in [4.78, 5) is 11.8. The molecular weight excluding hydrogens is 291 g/mol. The normalized spacial score (nSPS) is 16.9. The van der Waals surface area contributed by atoms with Crippen molar-refractivity contribution in [2.75, 3.05) is 6.54 Å². The summed E-state index contributed by atoms with van der Waals surface area (Å²) in [5.41, 5.74) is 6.30. The highest BCUT2D eigenvalue weighted by atomic mass is 79.9. The van der Waals surface area contributed by atoms with E-state index in [1.165, 1.54) is 0 Å². The number of halogens is 2. The molecule has 86 valence electrons. The summed E-state index contributed by atoms with van der Waals surface area (Å²) in [5.74, 6) is -0.117. The van der Waals surface area contributed by atoms with E-state index in [1.807, 2.05) is 0 Å². The van der Waals surface area contributed by atoms with Crippen molar-refractivity contribution in [1.29, 1.82) is 0 Å². The summed E-state index contributed by atoms with van der Waals surface area (Å²) in [6.07, 6.45) is 1.97. The molecule has 0 spiro atoms. The first-order valence-corrected chi connectivity index (χ1v) is 6.19. The summed E-state index contributed by atoms with van der Waals surface area (Å²) in [5, 5.41) is 3.41. The van der Waals surface area contributed by atoms with Crippen molar-refractivity contribution in [3.05, 3.63) is 33.3 Å². The molecule has 0 unspecified atom stereocenters. The van der Waals surface area contributed by atoms with Crippen molar-refractivity contribution in [3.63, 3.8) is 0 Å². The van der Waals surface area contributed by atoms with Gasteiger partial charge in [-0.1, -0.05) is 11.6 Å². The third kappa shape index (κ3) is 2.75. The Labute approximate surface area is 107 Å². The van der Waals surface area contributed by atoms with Crippen LogP contribution in [0.3, 0.4) is 0 Å². The van der Waals surface area contributed by atoms with Crippen molar-refractivity contribution in [3.8, 4) is 0 Å². The van der Waals surface area contributed by atoms with Crippen LogP contribution in [-0.4, -0.2) is 18.0 Å². The van der Waals surface area contributed by atoms with Gasteiger partial charge < -0.3 is 11.1 Å². The molecule has 5 heteroatoms. The highest BCUT2D eigenvalue weighted by Gasteiger charge is 2.38. The van der Waals surface area contributed by atoms with Crippen molar-refractivity contribution in [2.24, 2.45) is 5.73 Å². The first kappa shape index (κ1) is 11.9. The van der Waals surface area contributed by atoms with Gasteiger partial charge in [-0.15, -0.1) is 0 Å². The molecule has 3 nitrogen and oxygen atoms in total. The third-order valence-corrected chi connectivity index (χ3v) is 3.89. The van der Waals surface area contributed by atoms with Crippen molar-refractivity contribution in [2.45, 2.75) is 18.4 Å². The van der Waals surface area contributed by atoms with E-state index in [1.54, 1.807) is 18.2 Å². The van der Waals surface area contributed by atoms with Gasteiger partial charge in [0, 0.05) is 22.1 Å². The van der Waals surface area contributed by atoms with Gasteiger partial charge in [-0.2, -0.15) is 0 Å². The van der Waals surface area contributed by atoms with Crippen LogP contribution >= 0.6 is 27.5 Å². The molecule has 1 fully saturated rings. The smallest absolute Gasteiger partial charge is 0.251 e. The van der Waals surface area contributed by atoms with Gasteiger partial charge in [0.1, 0.15) is 0 Å². The number of benzene rings is 1. The minimum absolute atomic E-state index is 0.117. The van der Waals surface area contributed by atoms with Crippen LogP contribution in [0.1, 0.15) is 23.2 Å². The zero-order chi connectivity index (χ0) is 11.8. The minimum Gasteiger partial charge on any atom is -0.350 e. The van der Waals surface area contributed by atoms with Gasteiger partial charge in [0.15, 0.2) is 0 Å². The van der Waals surface area contributed by atoms with E-state index in [0.29, 0.717) is 17.1 Å². The van der Waals surface area contributed by atoms with E-state index in [4.69, 9.17) is 17.3 Å². The molecule has 1 aromatic carbocycles. The Hall–Kier alpha value is -0.580. The summed E-state index contributed by atoms with van der Waals surface area (Å²) >= 11 is 9.13. The molecule has 0 bridgehead atoms. The van der Waals surface area contributed by atoms with Crippen LogP contribution in [0.25, 0.3) is 0 Å². The SMILES string of the molecule is NC1(CNC(=O)c2ccc(Cl)c(Br)c2)CC1. The lowest BCUT2D eigenvalue weighted by atomic mass is 10.2. The molecular formula is C11H12BrClN2O. The van der Waals surface area contributed by atoms with Crippen LogP contribution in [0.15, 0.2) is 22.7 Å². The van der Waals surface area contributed by atoms with Crippen LogP contribution in [0.4, 0.5) is 0 Å². The topological polar surface area (TPSA) is 55.1 Å². The third-order valence-electron chi connectivity index (χ3n) is 2.68. The van der Waals surface area contributed by atoms with E-state index in [9.17, 15) is 4.79 Å². The molecule has 16 heavy (non-hydrogen) atoms. The Bertz CT molecular complexity index is 432. The number of carbonyl (C=O) groups is 1. The second-order valence-corrected chi connectivity index (χ2v) is 5.44. The van der Waals surface area contributed by atoms with E-state index in [-0.39, 0.29) is 11.4 Å². The van der Waals surface area contributed by atoms with Gasteiger partial charge in [0.05, 0.1) is 5.02 Å². The van der Waals surface area contributed by atoms with Crippen LogP contribution < -0.4 is 11.1 Å². The second kappa shape index (κ2) is 4.35. The summed E-state index contributed by atoms with van der Waals surface area (Å²) in [6.45, 7) is 0.534. The highest BCUT2D eigenvalue weighted by Crippen LogP contribution is 2.31. The molecule has 0 saturated heterocycles. The number of nitrogens with two attached hydrogens (primary N) is 1. The van der Waals surface area contributed by atoms with E-state index in [2.05, 4.69) is 21.2 Å². The zero-order valence-corrected chi connectivity index (χ0v) is 10.9. The minimum atomic E-state index is -0.167. The molecule has 0 heterocycles. The van der Waals surface area contributed by atoms with Crippen LogP contribution in [0.5, 0.6) is 0 Å². The summed E-state index contributed by atoms with van der Waals surface area (Å²) in [7, 11) is 0. The maximum atomic E-state index is 11.8. The Kier molecular flexibility index (Phi) is 3.24. The lowest BCUT2D eigenvalue weighted by molar-refractivity contribution is 0.0950. The lowest BCUT2D eigenvalue weighted by Gasteiger charge is -2.10. The first-order valence-electron chi connectivity index (χ1n) is 5.02. The van der Waals surface area contributed by atoms with Gasteiger partial charge in [0.2, 0.25) is 0 Å². The molecule has 0 atom stereocenters. The second-order valence-electron chi connectivity index (χ2n) is 4.17. The van der Waals surface area contributed by atoms with Gasteiger partial charge in [-0.25, -0.2) is 0 Å². The van der Waals surface area contributed by atoms with Crippen LogP contribution in [-0.2, 0) is 0 Å². The van der Waals surface area contributed by atoms with E-state index < -0.39 is 0 Å². The molecule has 0 aliphatic heterocycles. The fourth-order valence-corrected chi connectivity index (χ4v) is 1.83. The summed E-state index contributed by atoms with van der Waals surface area (Å²) in [6, 6.07) is 5.09. The van der Waals surface area contributed by atoms with Crippen molar-refractivity contribution >= 4 is 33.4 Å². The Morgan fingerprint density at radius 1 is 1.56 bits per heavy atom. The summed E-state index contributed by atoms with van der Waals surface area (Å²) < 4.78 is 0.718. The molecule has 3 N–H and O–H groups in total. The van der Waals surface area contributed by atoms with Gasteiger partial charge in [-0.05, 0) is 47.0 Å². The molecule has 0 aromatic heterocycles. The Morgan fingerprint density at radius 3 is 2.81 bits per heavy atom. The van der Waals surface area contributed by atoms with Gasteiger partial charge in [-0.3, -0.25) is 4.79 Å². The Morgan fingerprint density at radius 2 is 2.25 bits per heavy atom. The monoisotopic (exact) mass is 302 g/mol. The molecule has 1 amide bonds. The van der Waals surface area contributed by atoms with Gasteiger partial charge in [0.25, 0.3) is 5.91 Å². The number of rotatable bonds is 3. The number of hydrogen-bond acceptors (Lipinski definition) is 2. The maximum absolute atomic E-state index is 11.8. The van der Waals surface area contributed by atoms with Gasteiger partial charge >= 0.3 is 0 Å². The first-order chi connectivity index (χ1) is 7.50. The largest absolute Gasteiger partial charge is 0.350 e.